The number of benzene rings is 1. The Hall–Kier alpha value is -1.16. The maximum Gasteiger partial charge on any atom is 0.223 e. The van der Waals surface area contributed by atoms with E-state index in [1.165, 1.54) is 12.1 Å². The quantitative estimate of drug-likeness (QED) is 0.775. The molecule has 1 aromatic rings. The predicted octanol–water partition coefficient (Wildman–Crippen LogP) is 3.11. The molecule has 1 amide bonds. The summed E-state index contributed by atoms with van der Waals surface area (Å²) in [6.07, 6.45) is 0.399. The molecule has 5 heteroatoms. The van der Waals surface area contributed by atoms with Crippen LogP contribution in [0.2, 0.25) is 0 Å². The van der Waals surface area contributed by atoms with Crippen molar-refractivity contribution in [3.63, 3.8) is 0 Å². The summed E-state index contributed by atoms with van der Waals surface area (Å²) in [6, 6.07) is 3.03. The van der Waals surface area contributed by atoms with Gasteiger partial charge >= 0.3 is 0 Å². The number of rotatable bonds is 3. The molecule has 2 atom stereocenters. The number of amides is 1. The maximum absolute atomic E-state index is 13.7. The van der Waals surface area contributed by atoms with Crippen molar-refractivity contribution in [2.75, 3.05) is 12.4 Å². The zero-order chi connectivity index (χ0) is 13.3. The monoisotopic (exact) mass is 273 g/mol. The minimum Gasteiger partial charge on any atom is -0.335 e. The first-order valence-corrected chi connectivity index (χ1v) is 6.36. The Morgan fingerprint density at radius 3 is 2.78 bits per heavy atom. The van der Waals surface area contributed by atoms with E-state index in [4.69, 9.17) is 11.6 Å². The standard InChI is InChI=1S/C13H14ClF2NO/c1-8(11-3-2-10(15)5-12(11)16)17-7-9(6-14)4-13(17)18/h2-3,5,8-9H,4,6-7H2,1H3. The van der Waals surface area contributed by atoms with Crippen LogP contribution in [0.5, 0.6) is 0 Å². The van der Waals surface area contributed by atoms with Crippen molar-refractivity contribution in [1.29, 1.82) is 0 Å². The number of nitrogens with zero attached hydrogens (tertiary/aromatic N) is 1. The first-order chi connectivity index (χ1) is 8.52. The van der Waals surface area contributed by atoms with Crippen molar-refractivity contribution in [1.82, 2.24) is 4.90 Å². The van der Waals surface area contributed by atoms with Gasteiger partial charge in [-0.05, 0) is 18.9 Å². The van der Waals surface area contributed by atoms with Crippen LogP contribution >= 0.6 is 11.6 Å². The number of likely N-dealkylation sites (tertiary alicyclic amines) is 1. The summed E-state index contributed by atoms with van der Waals surface area (Å²) in [5.41, 5.74) is 0.333. The SMILES string of the molecule is CC(c1ccc(F)cc1F)N1CC(CCl)CC1=O. The Morgan fingerprint density at radius 1 is 1.50 bits per heavy atom. The molecule has 1 fully saturated rings. The highest BCUT2D eigenvalue weighted by atomic mass is 35.5. The molecule has 98 valence electrons. The van der Waals surface area contributed by atoms with Crippen LogP contribution in [0.3, 0.4) is 0 Å². The lowest BCUT2D eigenvalue weighted by molar-refractivity contribution is -0.129. The Bertz CT molecular complexity index is 466. The van der Waals surface area contributed by atoms with Crippen molar-refractivity contribution < 1.29 is 13.6 Å². The fraction of sp³-hybridized carbons (Fsp3) is 0.462. The van der Waals surface area contributed by atoms with Crippen LogP contribution in [0.4, 0.5) is 8.78 Å². The van der Waals surface area contributed by atoms with E-state index in [2.05, 4.69) is 0 Å². The zero-order valence-corrected chi connectivity index (χ0v) is 10.8. The Kier molecular flexibility index (Phi) is 3.85. The van der Waals surface area contributed by atoms with E-state index < -0.39 is 17.7 Å². The fourth-order valence-corrected chi connectivity index (χ4v) is 2.50. The van der Waals surface area contributed by atoms with E-state index in [9.17, 15) is 13.6 Å². The van der Waals surface area contributed by atoms with E-state index >= 15 is 0 Å². The molecule has 18 heavy (non-hydrogen) atoms. The number of halogens is 3. The van der Waals surface area contributed by atoms with Gasteiger partial charge in [0.05, 0.1) is 6.04 Å². The summed E-state index contributed by atoms with van der Waals surface area (Å²) in [7, 11) is 0. The highest BCUT2D eigenvalue weighted by Gasteiger charge is 2.33. The zero-order valence-electron chi connectivity index (χ0n) is 10.00. The smallest absolute Gasteiger partial charge is 0.223 e. The van der Waals surface area contributed by atoms with Crippen LogP contribution in [-0.2, 0) is 4.79 Å². The maximum atomic E-state index is 13.7. The number of hydrogen-bond donors (Lipinski definition) is 0. The van der Waals surface area contributed by atoms with Gasteiger partial charge in [-0.3, -0.25) is 4.79 Å². The van der Waals surface area contributed by atoms with Crippen LogP contribution in [-0.4, -0.2) is 23.2 Å². The average molecular weight is 274 g/mol. The Labute approximate surface area is 110 Å². The minimum atomic E-state index is -0.621. The van der Waals surface area contributed by atoms with E-state index in [1.807, 2.05) is 0 Å². The molecule has 1 saturated heterocycles. The van der Waals surface area contributed by atoms with Crippen LogP contribution in [0, 0.1) is 17.6 Å². The van der Waals surface area contributed by atoms with Gasteiger partial charge in [-0.1, -0.05) is 6.07 Å². The molecule has 2 nitrogen and oxygen atoms in total. The first-order valence-electron chi connectivity index (χ1n) is 5.83. The number of hydrogen-bond acceptors (Lipinski definition) is 1. The van der Waals surface area contributed by atoms with Gasteiger partial charge in [0, 0.05) is 30.5 Å². The lowest BCUT2D eigenvalue weighted by atomic mass is 10.1. The van der Waals surface area contributed by atoms with E-state index in [0.717, 1.165) is 6.07 Å². The Balaban J connectivity index is 2.21. The van der Waals surface area contributed by atoms with Crippen molar-refractivity contribution in [3.05, 3.63) is 35.4 Å². The van der Waals surface area contributed by atoms with E-state index in [0.29, 0.717) is 24.4 Å². The summed E-state index contributed by atoms with van der Waals surface area (Å²) in [6.45, 7) is 2.27. The molecule has 1 aromatic carbocycles. The van der Waals surface area contributed by atoms with Gasteiger partial charge in [-0.25, -0.2) is 8.78 Å². The number of carbonyl (C=O) groups excluding carboxylic acids is 1. The molecule has 0 aliphatic carbocycles. The average Bonchev–Trinajstić information content (AvgIpc) is 2.70. The molecular weight excluding hydrogens is 260 g/mol. The minimum absolute atomic E-state index is 0.0307. The summed E-state index contributed by atoms with van der Waals surface area (Å²) in [5, 5.41) is 0. The van der Waals surface area contributed by atoms with Gasteiger partial charge in [0.2, 0.25) is 5.91 Å². The highest BCUT2D eigenvalue weighted by molar-refractivity contribution is 6.18. The molecule has 1 heterocycles. The lowest BCUT2D eigenvalue weighted by Crippen LogP contribution is -2.29. The van der Waals surface area contributed by atoms with E-state index in [-0.39, 0.29) is 11.8 Å². The second-order valence-electron chi connectivity index (χ2n) is 4.61. The molecule has 2 unspecified atom stereocenters. The molecule has 0 N–H and O–H groups in total. The van der Waals surface area contributed by atoms with Crippen LogP contribution < -0.4 is 0 Å². The van der Waals surface area contributed by atoms with Gasteiger partial charge in [0.25, 0.3) is 0 Å². The fourth-order valence-electron chi connectivity index (χ4n) is 2.29. The lowest BCUT2D eigenvalue weighted by Gasteiger charge is -2.25. The van der Waals surface area contributed by atoms with Gasteiger partial charge in [0.1, 0.15) is 11.6 Å². The summed E-state index contributed by atoms with van der Waals surface area (Å²) < 4.78 is 26.5. The van der Waals surface area contributed by atoms with Crippen molar-refractivity contribution in [2.45, 2.75) is 19.4 Å². The van der Waals surface area contributed by atoms with Gasteiger partial charge in [0.15, 0.2) is 0 Å². The van der Waals surface area contributed by atoms with Crippen LogP contribution in [0.1, 0.15) is 24.9 Å². The van der Waals surface area contributed by atoms with Crippen molar-refractivity contribution >= 4 is 17.5 Å². The van der Waals surface area contributed by atoms with Crippen LogP contribution in [0.25, 0.3) is 0 Å². The molecule has 0 aromatic heterocycles. The second kappa shape index (κ2) is 5.22. The normalized spacial score (nSPS) is 21.4. The third kappa shape index (κ3) is 2.48. The molecule has 0 spiro atoms. The summed E-state index contributed by atoms with van der Waals surface area (Å²) >= 11 is 5.74. The second-order valence-corrected chi connectivity index (χ2v) is 4.92. The van der Waals surface area contributed by atoms with Gasteiger partial charge in [-0.15, -0.1) is 11.6 Å². The van der Waals surface area contributed by atoms with Crippen molar-refractivity contribution in [2.24, 2.45) is 5.92 Å². The molecular formula is C13H14ClF2NO. The van der Waals surface area contributed by atoms with Gasteiger partial charge < -0.3 is 4.90 Å². The van der Waals surface area contributed by atoms with Gasteiger partial charge in [-0.2, -0.15) is 0 Å². The summed E-state index contributed by atoms with van der Waals surface area (Å²) in [4.78, 5) is 13.4. The molecule has 0 bridgehead atoms. The first kappa shape index (κ1) is 13.3. The number of alkyl halides is 1. The molecule has 1 aliphatic rings. The number of carbonyl (C=O) groups is 1. The third-order valence-electron chi connectivity index (χ3n) is 3.34. The molecule has 0 saturated carbocycles. The largest absolute Gasteiger partial charge is 0.335 e. The van der Waals surface area contributed by atoms with Crippen LogP contribution in [0.15, 0.2) is 18.2 Å². The molecule has 2 rings (SSSR count). The summed E-state index contributed by atoms with van der Waals surface area (Å²) in [5.74, 6) is -0.734. The molecule has 1 aliphatic heterocycles. The predicted molar refractivity (Wildman–Crippen MR) is 65.3 cm³/mol. The topological polar surface area (TPSA) is 20.3 Å². The van der Waals surface area contributed by atoms with Crippen molar-refractivity contribution in [3.8, 4) is 0 Å². The van der Waals surface area contributed by atoms with E-state index in [1.54, 1.807) is 11.8 Å². The third-order valence-corrected chi connectivity index (χ3v) is 3.77. The Morgan fingerprint density at radius 2 is 2.22 bits per heavy atom. The molecule has 0 radical (unpaired) electrons. The highest BCUT2D eigenvalue weighted by Crippen LogP contribution is 2.30.